The molecule has 2 fully saturated rings. The molecule has 2 aliphatic rings. The number of halogens is 2. The number of carbonyl (C=O) groups is 4. The maximum atomic E-state index is 13.7. The van der Waals surface area contributed by atoms with Gasteiger partial charge in [-0.15, -0.1) is 10.2 Å². The standard InChI is InChI=1S/C44H34Cl2N8O5/c45-35-23-27-7-1-3-9-31(27)37(49-35)43(57)53-21-5-11-33(53)39(55)47-29-17-13-25(14-18-29)41-51-52-42(59-41)26-15-19-30(20-16-26)48-40(56)34-12-6-22-54(34)44(58)38-32-10-4-2-8-28(32)24-36(46)50-38/h1-4,7-10,13-20,23-24,33-34H,5-6,11-12,21-22H2,(H,47,55)(H,48,56)/t33-,34-/m0/s1. The van der Waals surface area contributed by atoms with E-state index in [4.69, 9.17) is 27.6 Å². The Labute approximate surface area is 347 Å². The quantitative estimate of drug-likeness (QED) is 0.144. The van der Waals surface area contributed by atoms with Crippen LogP contribution in [-0.4, -0.2) is 78.8 Å². The zero-order valence-electron chi connectivity index (χ0n) is 31.3. The fourth-order valence-corrected chi connectivity index (χ4v) is 8.20. The summed E-state index contributed by atoms with van der Waals surface area (Å²) in [5, 5.41) is 17.7. The molecule has 0 aliphatic carbocycles. The maximum absolute atomic E-state index is 13.7. The van der Waals surface area contributed by atoms with Gasteiger partial charge >= 0.3 is 0 Å². The molecule has 2 atom stereocenters. The van der Waals surface area contributed by atoms with E-state index in [9.17, 15) is 19.2 Å². The van der Waals surface area contributed by atoms with Crippen LogP contribution in [0, 0.1) is 0 Å². The molecule has 59 heavy (non-hydrogen) atoms. The lowest BCUT2D eigenvalue weighted by atomic mass is 10.1. The van der Waals surface area contributed by atoms with Crippen molar-refractivity contribution < 1.29 is 23.6 Å². The van der Waals surface area contributed by atoms with Gasteiger partial charge in [0.1, 0.15) is 33.8 Å². The van der Waals surface area contributed by atoms with Crippen LogP contribution >= 0.6 is 23.2 Å². The molecule has 15 heteroatoms. The highest BCUT2D eigenvalue weighted by Crippen LogP contribution is 2.30. The number of pyridine rings is 2. The van der Waals surface area contributed by atoms with Crippen LogP contribution in [0.15, 0.2) is 114 Å². The monoisotopic (exact) mass is 824 g/mol. The lowest BCUT2D eigenvalue weighted by molar-refractivity contribution is -0.120. The number of fused-ring (bicyclic) bond motifs is 2. The van der Waals surface area contributed by atoms with Crippen LogP contribution in [0.1, 0.15) is 46.7 Å². The van der Waals surface area contributed by atoms with E-state index in [-0.39, 0.29) is 57.1 Å². The largest absolute Gasteiger partial charge is 0.416 e. The zero-order chi connectivity index (χ0) is 40.6. The number of benzene rings is 4. The van der Waals surface area contributed by atoms with Crippen LogP contribution in [0.2, 0.25) is 10.3 Å². The molecule has 9 rings (SSSR count). The molecular weight excluding hydrogens is 791 g/mol. The van der Waals surface area contributed by atoms with Crippen LogP contribution in [0.25, 0.3) is 44.5 Å². The van der Waals surface area contributed by atoms with Crippen molar-refractivity contribution in [2.45, 2.75) is 37.8 Å². The van der Waals surface area contributed by atoms with Gasteiger partial charge in [0.15, 0.2) is 0 Å². The molecule has 5 heterocycles. The number of aromatic nitrogens is 4. The minimum absolute atomic E-state index is 0.213. The Morgan fingerprint density at radius 2 is 0.983 bits per heavy atom. The van der Waals surface area contributed by atoms with E-state index in [2.05, 4.69) is 30.8 Å². The minimum atomic E-state index is -0.667. The summed E-state index contributed by atoms with van der Waals surface area (Å²) in [6.07, 6.45) is 2.40. The van der Waals surface area contributed by atoms with Gasteiger partial charge in [-0.2, -0.15) is 0 Å². The highest BCUT2D eigenvalue weighted by molar-refractivity contribution is 6.31. The molecule has 0 unspecified atom stereocenters. The van der Waals surface area contributed by atoms with Gasteiger partial charge in [0.25, 0.3) is 11.8 Å². The molecule has 4 amide bonds. The first-order valence-corrected chi connectivity index (χ1v) is 19.8. The molecule has 3 aromatic heterocycles. The number of likely N-dealkylation sites (tertiary alicyclic amines) is 2. The van der Waals surface area contributed by atoms with Gasteiger partial charge in [-0.05, 0) is 97.1 Å². The van der Waals surface area contributed by atoms with E-state index in [0.717, 1.165) is 10.8 Å². The van der Waals surface area contributed by atoms with E-state index in [1.54, 1.807) is 70.5 Å². The van der Waals surface area contributed by atoms with Crippen LogP contribution in [0.5, 0.6) is 0 Å². The summed E-state index contributed by atoms with van der Waals surface area (Å²) in [6, 6.07) is 30.8. The molecule has 0 bridgehead atoms. The molecule has 294 valence electrons. The van der Waals surface area contributed by atoms with Crippen molar-refractivity contribution in [1.29, 1.82) is 0 Å². The Kier molecular flexibility index (Phi) is 10.2. The van der Waals surface area contributed by atoms with Crippen LogP contribution in [0.4, 0.5) is 11.4 Å². The summed E-state index contributed by atoms with van der Waals surface area (Å²) in [5.41, 5.74) is 2.81. The summed E-state index contributed by atoms with van der Waals surface area (Å²) in [6.45, 7) is 0.858. The number of hydrogen-bond donors (Lipinski definition) is 2. The Bertz CT molecular complexity index is 2590. The number of anilines is 2. The third-order valence-electron chi connectivity index (χ3n) is 10.7. The Morgan fingerprint density at radius 3 is 1.41 bits per heavy atom. The van der Waals surface area contributed by atoms with Crippen LogP contribution < -0.4 is 10.6 Å². The van der Waals surface area contributed by atoms with Gasteiger partial charge in [0, 0.05) is 46.4 Å². The molecule has 13 nitrogen and oxygen atoms in total. The molecular formula is C44H34Cl2N8O5. The summed E-state index contributed by atoms with van der Waals surface area (Å²) < 4.78 is 5.99. The fraction of sp³-hybridized carbons (Fsp3) is 0.182. The Morgan fingerprint density at radius 1 is 0.576 bits per heavy atom. The lowest BCUT2D eigenvalue weighted by Crippen LogP contribution is -2.43. The molecule has 0 spiro atoms. The average molecular weight is 826 g/mol. The van der Waals surface area contributed by atoms with Crippen molar-refractivity contribution in [3.63, 3.8) is 0 Å². The molecule has 4 aromatic carbocycles. The second-order valence-corrected chi connectivity index (χ2v) is 15.2. The zero-order valence-corrected chi connectivity index (χ0v) is 32.8. The second kappa shape index (κ2) is 15.9. The van der Waals surface area contributed by atoms with E-state index in [1.165, 1.54) is 0 Å². The van der Waals surface area contributed by atoms with Crippen LogP contribution in [0.3, 0.4) is 0 Å². The molecule has 0 saturated carbocycles. The minimum Gasteiger partial charge on any atom is -0.416 e. The van der Waals surface area contributed by atoms with Gasteiger partial charge in [0.05, 0.1) is 0 Å². The van der Waals surface area contributed by atoms with Gasteiger partial charge in [-0.1, -0.05) is 71.7 Å². The highest BCUT2D eigenvalue weighted by atomic mass is 35.5. The first-order chi connectivity index (χ1) is 28.7. The van der Waals surface area contributed by atoms with Crippen LogP contribution in [-0.2, 0) is 9.59 Å². The number of carbonyl (C=O) groups excluding carboxylic acids is 4. The normalized spacial score (nSPS) is 16.4. The number of hydrogen-bond acceptors (Lipinski definition) is 9. The number of nitrogens with zero attached hydrogens (tertiary/aromatic N) is 6. The maximum Gasteiger partial charge on any atom is 0.273 e. The van der Waals surface area contributed by atoms with Crippen molar-refractivity contribution in [2.24, 2.45) is 0 Å². The topological polar surface area (TPSA) is 164 Å². The molecule has 7 aromatic rings. The van der Waals surface area contributed by atoms with Gasteiger partial charge in [-0.25, -0.2) is 9.97 Å². The van der Waals surface area contributed by atoms with Crippen molar-refractivity contribution in [3.05, 3.63) is 131 Å². The van der Waals surface area contributed by atoms with E-state index < -0.39 is 12.1 Å². The Hall–Kier alpha value is -6.70. The van der Waals surface area contributed by atoms with Crippen molar-refractivity contribution in [2.75, 3.05) is 23.7 Å². The van der Waals surface area contributed by atoms with Gasteiger partial charge in [-0.3, -0.25) is 19.2 Å². The third-order valence-corrected chi connectivity index (χ3v) is 11.1. The summed E-state index contributed by atoms with van der Waals surface area (Å²) in [5.74, 6) is -0.725. The number of rotatable bonds is 8. The predicted molar refractivity (Wildman–Crippen MR) is 224 cm³/mol. The predicted octanol–water partition coefficient (Wildman–Crippen LogP) is 8.29. The fourth-order valence-electron chi connectivity index (χ4n) is 7.80. The van der Waals surface area contributed by atoms with E-state index in [0.29, 0.717) is 72.0 Å². The van der Waals surface area contributed by atoms with Crippen molar-refractivity contribution >= 4 is 79.8 Å². The van der Waals surface area contributed by atoms with Crippen molar-refractivity contribution in [3.8, 4) is 22.9 Å². The van der Waals surface area contributed by atoms with Crippen molar-refractivity contribution in [1.82, 2.24) is 30.0 Å². The smallest absolute Gasteiger partial charge is 0.273 e. The van der Waals surface area contributed by atoms with Gasteiger partial charge < -0.3 is 24.9 Å². The van der Waals surface area contributed by atoms with E-state index >= 15 is 0 Å². The molecule has 2 aliphatic heterocycles. The SMILES string of the molecule is O=C(Nc1ccc(-c2nnc(-c3ccc(NC(=O)[C@@H]4CCCN4C(=O)c4nc(Cl)cc5ccccc45)cc3)o2)cc1)[C@@H]1CCCN1C(=O)c1nc(Cl)cc2ccccc12. The average Bonchev–Trinajstić information content (AvgIpc) is 4.06. The third kappa shape index (κ3) is 7.57. The molecule has 2 N–H and O–H groups in total. The number of nitrogens with one attached hydrogen (secondary N) is 2. The van der Waals surface area contributed by atoms with Gasteiger partial charge in [0.2, 0.25) is 23.6 Å². The summed E-state index contributed by atoms with van der Waals surface area (Å²) in [7, 11) is 0. The molecule has 2 saturated heterocycles. The summed E-state index contributed by atoms with van der Waals surface area (Å²) >= 11 is 12.5. The first-order valence-electron chi connectivity index (χ1n) is 19.1. The second-order valence-electron chi connectivity index (χ2n) is 14.4. The summed E-state index contributed by atoms with van der Waals surface area (Å²) in [4.78, 5) is 66.0. The first kappa shape index (κ1) is 37.9. The molecule has 0 radical (unpaired) electrons. The number of amides is 4. The lowest BCUT2D eigenvalue weighted by Gasteiger charge is -2.24. The Balaban J connectivity index is 0.823. The highest BCUT2D eigenvalue weighted by Gasteiger charge is 2.37. The van der Waals surface area contributed by atoms with E-state index in [1.807, 2.05) is 48.5 Å².